The zero-order chi connectivity index (χ0) is 20.1. The number of morpholine rings is 1. The number of fused-ring (bicyclic) bond motifs is 1. The van der Waals surface area contributed by atoms with Crippen LogP contribution in [0.25, 0.3) is 0 Å². The maximum Gasteiger partial charge on any atom is 0.233 e. The third kappa shape index (κ3) is 4.93. The molecule has 29 heavy (non-hydrogen) atoms. The molecule has 1 aromatic heterocycles. The summed E-state index contributed by atoms with van der Waals surface area (Å²) >= 11 is 1.44. The standard InChI is InChI=1S/C21H28N4O3S/c1-2-25-19(14-28-18-8-7-16-5-3-4-6-17(16)13-18)22-23-21(25)29-15-20(26)24-9-11-27-12-10-24/h7-8,13H,2-6,9-12,14-15H2,1H3. The molecule has 0 unspecified atom stereocenters. The van der Waals surface area contributed by atoms with Crippen molar-refractivity contribution in [3.63, 3.8) is 0 Å². The summed E-state index contributed by atoms with van der Waals surface area (Å²) < 4.78 is 13.3. The Morgan fingerprint density at radius 1 is 1.17 bits per heavy atom. The fraction of sp³-hybridized carbons (Fsp3) is 0.571. The molecule has 0 N–H and O–H groups in total. The van der Waals surface area contributed by atoms with Crippen molar-refractivity contribution in [2.45, 2.75) is 50.9 Å². The van der Waals surface area contributed by atoms with Gasteiger partial charge < -0.3 is 18.9 Å². The van der Waals surface area contributed by atoms with E-state index in [1.54, 1.807) is 0 Å². The molecule has 156 valence electrons. The van der Waals surface area contributed by atoms with Gasteiger partial charge in [-0.2, -0.15) is 0 Å². The van der Waals surface area contributed by atoms with Crippen LogP contribution in [0.15, 0.2) is 23.4 Å². The van der Waals surface area contributed by atoms with Crippen LogP contribution in [-0.4, -0.2) is 57.6 Å². The highest BCUT2D eigenvalue weighted by molar-refractivity contribution is 7.99. The lowest BCUT2D eigenvalue weighted by Crippen LogP contribution is -2.41. The molecule has 0 bridgehead atoms. The molecule has 0 radical (unpaired) electrons. The average molecular weight is 417 g/mol. The smallest absolute Gasteiger partial charge is 0.233 e. The quantitative estimate of drug-likeness (QED) is 0.647. The molecule has 2 aromatic rings. The van der Waals surface area contributed by atoms with Crippen molar-refractivity contribution in [2.75, 3.05) is 32.1 Å². The topological polar surface area (TPSA) is 69.5 Å². The largest absolute Gasteiger partial charge is 0.486 e. The van der Waals surface area contributed by atoms with Gasteiger partial charge in [0.15, 0.2) is 11.0 Å². The number of hydrogen-bond donors (Lipinski definition) is 0. The summed E-state index contributed by atoms with van der Waals surface area (Å²) in [5.41, 5.74) is 2.85. The minimum absolute atomic E-state index is 0.121. The minimum atomic E-state index is 0.121. The Morgan fingerprint density at radius 3 is 2.76 bits per heavy atom. The number of nitrogens with zero attached hydrogens (tertiary/aromatic N) is 4. The van der Waals surface area contributed by atoms with Gasteiger partial charge in [-0.3, -0.25) is 4.79 Å². The summed E-state index contributed by atoms with van der Waals surface area (Å²) in [6.45, 7) is 5.73. The van der Waals surface area contributed by atoms with Crippen LogP contribution in [0.3, 0.4) is 0 Å². The third-order valence-electron chi connectivity index (χ3n) is 5.49. The second-order valence-corrected chi connectivity index (χ2v) is 8.29. The molecular weight excluding hydrogens is 388 g/mol. The SMILES string of the molecule is CCn1c(COc2ccc3c(c2)CCCC3)nnc1SCC(=O)N1CCOCC1. The van der Waals surface area contributed by atoms with Crippen LogP contribution in [0.2, 0.25) is 0 Å². The first-order valence-corrected chi connectivity index (χ1v) is 11.4. The molecule has 0 atom stereocenters. The number of aromatic nitrogens is 3. The van der Waals surface area contributed by atoms with E-state index in [0.717, 1.165) is 29.7 Å². The zero-order valence-electron chi connectivity index (χ0n) is 16.9. The lowest BCUT2D eigenvalue weighted by atomic mass is 9.92. The van der Waals surface area contributed by atoms with Gasteiger partial charge in [0.05, 0.1) is 19.0 Å². The number of carbonyl (C=O) groups excluding carboxylic acids is 1. The van der Waals surface area contributed by atoms with Gasteiger partial charge in [-0.1, -0.05) is 17.8 Å². The van der Waals surface area contributed by atoms with Gasteiger partial charge in [0.1, 0.15) is 12.4 Å². The average Bonchev–Trinajstić information content (AvgIpc) is 3.18. The van der Waals surface area contributed by atoms with Gasteiger partial charge in [-0.25, -0.2) is 0 Å². The van der Waals surface area contributed by atoms with E-state index in [-0.39, 0.29) is 5.91 Å². The molecule has 8 heteroatoms. The number of rotatable bonds is 7. The molecule has 4 rings (SSSR count). The fourth-order valence-corrected chi connectivity index (χ4v) is 4.75. The van der Waals surface area contributed by atoms with E-state index in [0.29, 0.717) is 38.7 Å². The fourth-order valence-electron chi connectivity index (χ4n) is 3.83. The highest BCUT2D eigenvalue weighted by Gasteiger charge is 2.19. The third-order valence-corrected chi connectivity index (χ3v) is 6.44. The van der Waals surface area contributed by atoms with Gasteiger partial charge in [0.2, 0.25) is 5.91 Å². The van der Waals surface area contributed by atoms with E-state index in [1.165, 1.54) is 42.2 Å². The molecular formula is C21H28N4O3S. The van der Waals surface area contributed by atoms with Crippen molar-refractivity contribution in [1.82, 2.24) is 19.7 Å². The van der Waals surface area contributed by atoms with Crippen LogP contribution in [-0.2, 0) is 35.5 Å². The minimum Gasteiger partial charge on any atom is -0.486 e. The van der Waals surface area contributed by atoms with Crippen LogP contribution >= 0.6 is 11.8 Å². The van der Waals surface area contributed by atoms with E-state index in [2.05, 4.69) is 29.3 Å². The highest BCUT2D eigenvalue weighted by atomic mass is 32.2. The Balaban J connectivity index is 1.35. The predicted molar refractivity (Wildman–Crippen MR) is 111 cm³/mol. The summed E-state index contributed by atoms with van der Waals surface area (Å²) in [7, 11) is 0. The normalized spacial score (nSPS) is 16.5. The first-order valence-electron chi connectivity index (χ1n) is 10.4. The maximum absolute atomic E-state index is 12.4. The molecule has 1 fully saturated rings. The Morgan fingerprint density at radius 2 is 1.97 bits per heavy atom. The molecule has 2 aliphatic rings. The molecule has 1 aliphatic heterocycles. The summed E-state index contributed by atoms with van der Waals surface area (Å²) in [4.78, 5) is 14.2. The van der Waals surface area contributed by atoms with Crippen molar-refractivity contribution in [2.24, 2.45) is 0 Å². The Kier molecular flexibility index (Phi) is 6.71. The molecule has 1 aromatic carbocycles. The molecule has 1 saturated heterocycles. The highest BCUT2D eigenvalue weighted by Crippen LogP contribution is 2.26. The predicted octanol–water partition coefficient (Wildman–Crippen LogP) is 2.71. The number of carbonyl (C=O) groups is 1. The summed E-state index contributed by atoms with van der Waals surface area (Å²) in [6.07, 6.45) is 4.84. The van der Waals surface area contributed by atoms with E-state index >= 15 is 0 Å². The maximum atomic E-state index is 12.4. The Hall–Kier alpha value is -2.06. The van der Waals surface area contributed by atoms with Crippen LogP contribution in [0, 0.1) is 0 Å². The lowest BCUT2D eigenvalue weighted by Gasteiger charge is -2.26. The van der Waals surface area contributed by atoms with Gasteiger partial charge in [0, 0.05) is 19.6 Å². The first-order chi connectivity index (χ1) is 14.2. The van der Waals surface area contributed by atoms with Crippen molar-refractivity contribution in [3.8, 4) is 5.75 Å². The van der Waals surface area contributed by atoms with Crippen LogP contribution in [0.5, 0.6) is 5.75 Å². The van der Waals surface area contributed by atoms with Gasteiger partial charge in [-0.05, 0) is 55.9 Å². The van der Waals surface area contributed by atoms with Crippen molar-refractivity contribution < 1.29 is 14.3 Å². The molecule has 0 spiro atoms. The van der Waals surface area contributed by atoms with Crippen molar-refractivity contribution in [3.05, 3.63) is 35.2 Å². The van der Waals surface area contributed by atoms with Gasteiger partial charge in [-0.15, -0.1) is 10.2 Å². The number of hydrogen-bond acceptors (Lipinski definition) is 6. The Bertz CT molecular complexity index is 848. The molecule has 1 aliphatic carbocycles. The Labute approximate surface area is 175 Å². The van der Waals surface area contributed by atoms with Crippen molar-refractivity contribution in [1.29, 1.82) is 0 Å². The number of thioether (sulfide) groups is 1. The molecule has 7 nitrogen and oxygen atoms in total. The first kappa shape index (κ1) is 20.2. The monoisotopic (exact) mass is 416 g/mol. The molecule has 1 amide bonds. The van der Waals surface area contributed by atoms with E-state index in [4.69, 9.17) is 9.47 Å². The zero-order valence-corrected chi connectivity index (χ0v) is 17.7. The van der Waals surface area contributed by atoms with Gasteiger partial charge in [0.25, 0.3) is 0 Å². The van der Waals surface area contributed by atoms with Gasteiger partial charge >= 0.3 is 0 Å². The number of aryl methyl sites for hydroxylation is 2. The number of benzene rings is 1. The second kappa shape index (κ2) is 9.63. The van der Waals surface area contributed by atoms with E-state index in [9.17, 15) is 4.79 Å². The number of ether oxygens (including phenoxy) is 2. The van der Waals surface area contributed by atoms with Crippen LogP contribution in [0.1, 0.15) is 36.7 Å². The number of amides is 1. The lowest BCUT2D eigenvalue weighted by molar-refractivity contribution is -0.132. The summed E-state index contributed by atoms with van der Waals surface area (Å²) in [6, 6.07) is 6.40. The van der Waals surface area contributed by atoms with Crippen LogP contribution < -0.4 is 4.74 Å². The second-order valence-electron chi connectivity index (χ2n) is 7.35. The van der Waals surface area contributed by atoms with E-state index < -0.39 is 0 Å². The van der Waals surface area contributed by atoms with Crippen LogP contribution in [0.4, 0.5) is 0 Å². The van der Waals surface area contributed by atoms with E-state index in [1.807, 2.05) is 15.5 Å². The molecule has 0 saturated carbocycles. The summed E-state index contributed by atoms with van der Waals surface area (Å²) in [5, 5.41) is 9.35. The summed E-state index contributed by atoms with van der Waals surface area (Å²) in [5.74, 6) is 2.15. The van der Waals surface area contributed by atoms with Crippen molar-refractivity contribution >= 4 is 17.7 Å². The molecule has 2 heterocycles.